The number of rotatable bonds is 6. The molecule has 1 aromatic carbocycles. The molecule has 1 aromatic rings. The average Bonchev–Trinajstić information content (AvgIpc) is 2.68. The van der Waals surface area contributed by atoms with Crippen LogP contribution >= 0.6 is 11.8 Å². The van der Waals surface area contributed by atoms with Crippen LogP contribution < -0.4 is 9.47 Å². The topological polar surface area (TPSA) is 47.9 Å². The third-order valence-corrected chi connectivity index (χ3v) is 4.72. The minimum atomic E-state index is 0.0657. The summed E-state index contributed by atoms with van der Waals surface area (Å²) in [6, 6.07) is 4.15. The summed E-state index contributed by atoms with van der Waals surface area (Å²) in [4.78, 5) is 0. The van der Waals surface area contributed by atoms with Crippen molar-refractivity contribution in [3.63, 3.8) is 0 Å². The number of fused-ring (bicyclic) bond motifs is 1. The maximum absolute atomic E-state index is 8.83. The van der Waals surface area contributed by atoms with Gasteiger partial charge in [-0.15, -0.1) is 0 Å². The Labute approximate surface area is 124 Å². The van der Waals surface area contributed by atoms with E-state index in [0.717, 1.165) is 30.1 Å². The number of hydrogen-bond acceptors (Lipinski definition) is 5. The molecule has 1 atom stereocenters. The third kappa shape index (κ3) is 3.59. The fraction of sp³-hybridized carbons (Fsp3) is 0.600. The van der Waals surface area contributed by atoms with Crippen molar-refractivity contribution in [3.05, 3.63) is 23.3 Å². The van der Waals surface area contributed by atoms with Crippen LogP contribution in [0.5, 0.6) is 11.5 Å². The highest BCUT2D eigenvalue weighted by molar-refractivity contribution is 7.99. The van der Waals surface area contributed by atoms with Crippen molar-refractivity contribution in [1.29, 1.82) is 0 Å². The highest BCUT2D eigenvalue weighted by atomic mass is 32.2. The van der Waals surface area contributed by atoms with E-state index in [-0.39, 0.29) is 6.61 Å². The fourth-order valence-electron chi connectivity index (χ4n) is 2.42. The van der Waals surface area contributed by atoms with Gasteiger partial charge in [0.2, 0.25) is 0 Å². The Balaban J connectivity index is 2.27. The molecule has 0 saturated heterocycles. The van der Waals surface area contributed by atoms with E-state index < -0.39 is 0 Å². The SMILES string of the molecule is COc1cc2c(cc1OC)C(COCCO)SCCC2. The Kier molecular flexibility index (Phi) is 6.01. The lowest BCUT2D eigenvalue weighted by atomic mass is 9.99. The van der Waals surface area contributed by atoms with Crippen molar-refractivity contribution in [2.45, 2.75) is 18.1 Å². The Hall–Kier alpha value is -0.910. The van der Waals surface area contributed by atoms with E-state index in [1.165, 1.54) is 11.1 Å². The zero-order chi connectivity index (χ0) is 14.4. The average molecular weight is 298 g/mol. The standard InChI is InChI=1S/C15H22O4S/c1-17-13-8-11-4-3-7-20-15(10-19-6-5-16)12(11)9-14(13)18-2/h8-9,15-16H,3-7,10H2,1-2H3. The molecule has 0 spiro atoms. The first kappa shape index (κ1) is 15.5. The number of aryl methyl sites for hydroxylation is 1. The van der Waals surface area contributed by atoms with Crippen LogP contribution in [0.15, 0.2) is 12.1 Å². The molecule has 4 nitrogen and oxygen atoms in total. The zero-order valence-electron chi connectivity index (χ0n) is 12.1. The Bertz CT molecular complexity index is 436. The quantitative estimate of drug-likeness (QED) is 0.817. The van der Waals surface area contributed by atoms with Crippen LogP contribution in [0.25, 0.3) is 0 Å². The second kappa shape index (κ2) is 7.76. The number of thioether (sulfide) groups is 1. The molecule has 0 amide bonds. The van der Waals surface area contributed by atoms with Gasteiger partial charge in [-0.3, -0.25) is 0 Å². The summed E-state index contributed by atoms with van der Waals surface area (Å²) < 4.78 is 16.3. The predicted molar refractivity (Wildman–Crippen MR) is 81.0 cm³/mol. The smallest absolute Gasteiger partial charge is 0.161 e. The van der Waals surface area contributed by atoms with Gasteiger partial charge in [0.25, 0.3) is 0 Å². The van der Waals surface area contributed by atoms with Gasteiger partial charge in [0.05, 0.1) is 39.3 Å². The molecule has 20 heavy (non-hydrogen) atoms. The first-order chi connectivity index (χ1) is 9.80. The van der Waals surface area contributed by atoms with E-state index in [0.29, 0.717) is 18.5 Å². The van der Waals surface area contributed by atoms with Crippen LogP contribution in [-0.4, -0.2) is 44.9 Å². The van der Waals surface area contributed by atoms with E-state index in [1.54, 1.807) is 14.2 Å². The monoisotopic (exact) mass is 298 g/mol. The summed E-state index contributed by atoms with van der Waals surface area (Å²) in [6.07, 6.45) is 2.21. The maximum Gasteiger partial charge on any atom is 0.161 e. The molecular formula is C15H22O4S. The van der Waals surface area contributed by atoms with Gasteiger partial charge in [-0.1, -0.05) is 0 Å². The van der Waals surface area contributed by atoms with Gasteiger partial charge >= 0.3 is 0 Å². The Morgan fingerprint density at radius 1 is 1.25 bits per heavy atom. The molecule has 0 saturated carbocycles. The lowest BCUT2D eigenvalue weighted by Crippen LogP contribution is -2.09. The molecule has 2 rings (SSSR count). The number of aliphatic hydroxyl groups is 1. The first-order valence-electron chi connectivity index (χ1n) is 6.85. The van der Waals surface area contributed by atoms with E-state index >= 15 is 0 Å². The van der Waals surface area contributed by atoms with Crippen LogP contribution in [0.3, 0.4) is 0 Å². The van der Waals surface area contributed by atoms with Crippen molar-refractivity contribution < 1.29 is 19.3 Å². The molecule has 5 heteroatoms. The summed E-state index contributed by atoms with van der Waals surface area (Å²) >= 11 is 1.91. The van der Waals surface area contributed by atoms with E-state index in [4.69, 9.17) is 19.3 Å². The molecule has 0 radical (unpaired) electrons. The minimum Gasteiger partial charge on any atom is -0.493 e. The Morgan fingerprint density at radius 3 is 2.70 bits per heavy atom. The van der Waals surface area contributed by atoms with Crippen molar-refractivity contribution in [2.75, 3.05) is 39.8 Å². The third-order valence-electron chi connectivity index (χ3n) is 3.41. The molecule has 0 aromatic heterocycles. The van der Waals surface area contributed by atoms with E-state index in [1.807, 2.05) is 11.8 Å². The van der Waals surface area contributed by atoms with Crippen LogP contribution in [0.1, 0.15) is 22.8 Å². The first-order valence-corrected chi connectivity index (χ1v) is 7.90. The fourth-order valence-corrected chi connectivity index (χ4v) is 3.61. The van der Waals surface area contributed by atoms with Gasteiger partial charge in [-0.05, 0) is 41.9 Å². The molecule has 1 aliphatic heterocycles. The van der Waals surface area contributed by atoms with Crippen LogP contribution in [-0.2, 0) is 11.2 Å². The van der Waals surface area contributed by atoms with E-state index in [2.05, 4.69) is 12.1 Å². The van der Waals surface area contributed by atoms with Crippen molar-refractivity contribution in [2.24, 2.45) is 0 Å². The lowest BCUT2D eigenvalue weighted by Gasteiger charge is -2.19. The largest absolute Gasteiger partial charge is 0.493 e. The van der Waals surface area contributed by atoms with Gasteiger partial charge in [-0.2, -0.15) is 11.8 Å². The molecular weight excluding hydrogens is 276 g/mol. The van der Waals surface area contributed by atoms with Crippen molar-refractivity contribution in [1.82, 2.24) is 0 Å². The summed E-state index contributed by atoms with van der Waals surface area (Å²) in [5.41, 5.74) is 2.58. The molecule has 1 heterocycles. The highest BCUT2D eigenvalue weighted by Crippen LogP contribution is 2.41. The second-order valence-corrected chi connectivity index (χ2v) is 5.98. The number of hydrogen-bond donors (Lipinski definition) is 1. The summed E-state index contributed by atoms with van der Waals surface area (Å²) in [6.45, 7) is 1.07. The number of ether oxygens (including phenoxy) is 3. The Morgan fingerprint density at radius 2 is 2.00 bits per heavy atom. The molecule has 0 fully saturated rings. The van der Waals surface area contributed by atoms with Crippen LogP contribution in [0, 0.1) is 0 Å². The summed E-state index contributed by atoms with van der Waals surface area (Å²) in [7, 11) is 3.32. The van der Waals surface area contributed by atoms with Crippen LogP contribution in [0.2, 0.25) is 0 Å². The molecule has 112 valence electrons. The summed E-state index contributed by atoms with van der Waals surface area (Å²) in [5.74, 6) is 2.67. The zero-order valence-corrected chi connectivity index (χ0v) is 12.9. The van der Waals surface area contributed by atoms with E-state index in [9.17, 15) is 0 Å². The molecule has 0 aliphatic carbocycles. The minimum absolute atomic E-state index is 0.0657. The number of aliphatic hydroxyl groups excluding tert-OH is 1. The van der Waals surface area contributed by atoms with Gasteiger partial charge in [0.15, 0.2) is 11.5 Å². The summed E-state index contributed by atoms with van der Waals surface area (Å²) in [5, 5.41) is 9.12. The van der Waals surface area contributed by atoms with Crippen molar-refractivity contribution in [3.8, 4) is 11.5 Å². The highest BCUT2D eigenvalue weighted by Gasteiger charge is 2.22. The normalized spacial score (nSPS) is 18.2. The number of methoxy groups -OCH3 is 2. The second-order valence-electron chi connectivity index (χ2n) is 4.67. The number of benzene rings is 1. The van der Waals surface area contributed by atoms with Gasteiger partial charge in [-0.25, -0.2) is 0 Å². The van der Waals surface area contributed by atoms with Gasteiger partial charge in [0, 0.05) is 0 Å². The molecule has 1 aliphatic rings. The molecule has 1 unspecified atom stereocenters. The lowest BCUT2D eigenvalue weighted by molar-refractivity contribution is 0.0932. The predicted octanol–water partition coefficient (Wildman–Crippen LogP) is 2.43. The van der Waals surface area contributed by atoms with Crippen molar-refractivity contribution >= 4 is 11.8 Å². The van der Waals surface area contributed by atoms with Gasteiger partial charge in [0.1, 0.15) is 0 Å². The maximum atomic E-state index is 8.83. The van der Waals surface area contributed by atoms with Gasteiger partial charge < -0.3 is 19.3 Å². The molecule has 0 bridgehead atoms. The molecule has 1 N–H and O–H groups in total. The van der Waals surface area contributed by atoms with Crippen LogP contribution in [0.4, 0.5) is 0 Å².